The van der Waals surface area contributed by atoms with Crippen molar-refractivity contribution in [1.29, 1.82) is 0 Å². The zero-order valence-corrected chi connectivity index (χ0v) is 21.4. The van der Waals surface area contributed by atoms with Crippen LogP contribution in [0.15, 0.2) is 36.8 Å². The number of anilines is 1. The number of ether oxygens (including phenoxy) is 1. The maximum absolute atomic E-state index is 12.8. The van der Waals surface area contributed by atoms with Crippen molar-refractivity contribution in [3.63, 3.8) is 0 Å². The van der Waals surface area contributed by atoms with Gasteiger partial charge in [-0.05, 0) is 85.8 Å². The van der Waals surface area contributed by atoms with E-state index in [9.17, 15) is 9.90 Å². The Morgan fingerprint density at radius 1 is 1.22 bits per heavy atom. The number of carbonyl (C=O) groups excluding carboxylic acids is 1. The number of aryl methyl sites for hydroxylation is 1. The summed E-state index contributed by atoms with van der Waals surface area (Å²) in [4.78, 5) is 19.7. The van der Waals surface area contributed by atoms with Crippen LogP contribution < -0.4 is 5.32 Å². The summed E-state index contributed by atoms with van der Waals surface area (Å²) in [5.41, 5.74) is 1.94. The monoisotopic (exact) mass is 509 g/mol. The van der Waals surface area contributed by atoms with Gasteiger partial charge in [-0.15, -0.1) is 0 Å². The number of aromatic nitrogens is 3. The van der Waals surface area contributed by atoms with Crippen molar-refractivity contribution < 1.29 is 14.6 Å². The second kappa shape index (κ2) is 9.10. The van der Waals surface area contributed by atoms with Crippen LogP contribution >= 0.6 is 11.6 Å². The standard InChI is InChI=1S/C27H32ClN5O3/c1-27(15-36-14-24(27)34)33-5-3-16(4-6-33)21-7-17-9-25(29-11-18(17)8-23(21)28)31-26(35)22-10-20(22)19-12-30-32(2)13-19/h7-9,11-13,16,20,22,24,34H,3-6,10,14-15H2,1-2H3,(H,29,31,35)/t20?,22?,24-,27+/m1/s1. The molecule has 2 N–H and O–H groups in total. The maximum atomic E-state index is 12.8. The van der Waals surface area contributed by atoms with E-state index in [1.165, 1.54) is 0 Å². The fourth-order valence-corrected chi connectivity index (χ4v) is 6.25. The number of benzene rings is 1. The lowest BCUT2D eigenvalue weighted by atomic mass is 9.85. The third-order valence-electron chi connectivity index (χ3n) is 8.41. The minimum atomic E-state index is -0.449. The van der Waals surface area contributed by atoms with Gasteiger partial charge in [0.15, 0.2) is 0 Å². The number of pyridine rings is 1. The zero-order valence-electron chi connectivity index (χ0n) is 20.7. The first kappa shape index (κ1) is 23.9. The Hall–Kier alpha value is -2.52. The Morgan fingerprint density at radius 2 is 2.03 bits per heavy atom. The summed E-state index contributed by atoms with van der Waals surface area (Å²) in [5, 5.41) is 20.4. The number of nitrogens with one attached hydrogen (secondary N) is 1. The van der Waals surface area contributed by atoms with Gasteiger partial charge in [0.05, 0.1) is 31.1 Å². The van der Waals surface area contributed by atoms with Crippen LogP contribution in [-0.2, 0) is 16.6 Å². The van der Waals surface area contributed by atoms with E-state index in [-0.39, 0.29) is 23.3 Å². The third-order valence-corrected chi connectivity index (χ3v) is 8.74. The van der Waals surface area contributed by atoms with Crippen molar-refractivity contribution in [1.82, 2.24) is 19.7 Å². The van der Waals surface area contributed by atoms with Gasteiger partial charge in [0.1, 0.15) is 5.82 Å². The second-order valence-corrected chi connectivity index (χ2v) is 11.2. The molecular weight excluding hydrogens is 478 g/mol. The van der Waals surface area contributed by atoms with Crippen LogP contribution in [0, 0.1) is 5.92 Å². The summed E-state index contributed by atoms with van der Waals surface area (Å²) in [5.74, 6) is 1.11. The lowest BCUT2D eigenvalue weighted by Crippen LogP contribution is -2.56. The summed E-state index contributed by atoms with van der Waals surface area (Å²) in [6.07, 6.45) is 7.93. The average Bonchev–Trinajstić information content (AvgIpc) is 3.44. The maximum Gasteiger partial charge on any atom is 0.229 e. The van der Waals surface area contributed by atoms with Crippen molar-refractivity contribution >= 4 is 34.1 Å². The summed E-state index contributed by atoms with van der Waals surface area (Å²) < 4.78 is 7.31. The van der Waals surface area contributed by atoms with Crippen LogP contribution in [0.2, 0.25) is 5.02 Å². The fourth-order valence-electron chi connectivity index (χ4n) is 5.92. The molecule has 4 atom stereocenters. The van der Waals surface area contributed by atoms with Gasteiger partial charge in [-0.2, -0.15) is 5.10 Å². The van der Waals surface area contributed by atoms with E-state index < -0.39 is 6.10 Å². The molecule has 8 nitrogen and oxygen atoms in total. The van der Waals surface area contributed by atoms with Crippen LogP contribution in [0.4, 0.5) is 5.82 Å². The molecule has 2 unspecified atom stereocenters. The molecule has 1 aromatic carbocycles. The lowest BCUT2D eigenvalue weighted by molar-refractivity contribution is -0.117. The Morgan fingerprint density at radius 3 is 2.72 bits per heavy atom. The SMILES string of the molecule is Cn1cc(C2CC2C(=O)Nc2cc3cc(C4CCN([C@@]5(C)COC[C@H]5O)CC4)c(Cl)cc3cn2)cn1. The van der Waals surface area contributed by atoms with Gasteiger partial charge < -0.3 is 15.2 Å². The number of hydrogen-bond donors (Lipinski definition) is 2. The molecule has 2 saturated heterocycles. The van der Waals surface area contributed by atoms with E-state index in [1.54, 1.807) is 10.9 Å². The van der Waals surface area contributed by atoms with Crippen LogP contribution in [0.25, 0.3) is 10.8 Å². The van der Waals surface area contributed by atoms with E-state index in [2.05, 4.69) is 33.3 Å². The normalized spacial score (nSPS) is 29.1. The molecule has 3 fully saturated rings. The highest BCUT2D eigenvalue weighted by Gasteiger charge is 2.45. The lowest BCUT2D eigenvalue weighted by Gasteiger charge is -2.43. The number of piperidine rings is 1. The number of aliphatic hydroxyl groups is 1. The summed E-state index contributed by atoms with van der Waals surface area (Å²) >= 11 is 6.72. The average molecular weight is 510 g/mol. The number of nitrogens with zero attached hydrogens (tertiary/aromatic N) is 4. The molecular formula is C27H32ClN5O3. The van der Waals surface area contributed by atoms with Gasteiger partial charge in [-0.3, -0.25) is 14.4 Å². The summed E-state index contributed by atoms with van der Waals surface area (Å²) in [7, 11) is 1.89. The molecule has 4 heterocycles. The third kappa shape index (κ3) is 4.30. The molecule has 9 heteroatoms. The fraction of sp³-hybridized carbons (Fsp3) is 0.519. The summed E-state index contributed by atoms with van der Waals surface area (Å²) in [6.45, 7) is 4.86. The minimum Gasteiger partial charge on any atom is -0.389 e. The van der Waals surface area contributed by atoms with E-state index in [1.807, 2.05) is 31.6 Å². The highest BCUT2D eigenvalue weighted by molar-refractivity contribution is 6.32. The first-order valence-electron chi connectivity index (χ1n) is 12.7. The van der Waals surface area contributed by atoms with Crippen LogP contribution in [0.3, 0.4) is 0 Å². The predicted molar refractivity (Wildman–Crippen MR) is 138 cm³/mol. The van der Waals surface area contributed by atoms with E-state index in [0.717, 1.165) is 59.3 Å². The molecule has 1 saturated carbocycles. The van der Waals surface area contributed by atoms with E-state index in [4.69, 9.17) is 16.3 Å². The number of aliphatic hydroxyl groups excluding tert-OH is 1. The molecule has 1 aliphatic carbocycles. The quantitative estimate of drug-likeness (QED) is 0.545. The van der Waals surface area contributed by atoms with Crippen molar-refractivity contribution in [2.24, 2.45) is 13.0 Å². The molecule has 3 aliphatic rings. The second-order valence-electron chi connectivity index (χ2n) is 10.8. The Kier molecular flexibility index (Phi) is 6.03. The van der Waals surface area contributed by atoms with Gasteiger partial charge in [-0.25, -0.2) is 4.98 Å². The van der Waals surface area contributed by atoms with Gasteiger partial charge >= 0.3 is 0 Å². The highest BCUT2D eigenvalue weighted by atomic mass is 35.5. The van der Waals surface area contributed by atoms with Crippen molar-refractivity contribution in [2.75, 3.05) is 31.6 Å². The van der Waals surface area contributed by atoms with E-state index >= 15 is 0 Å². The van der Waals surface area contributed by atoms with Crippen molar-refractivity contribution in [3.8, 4) is 0 Å². The number of rotatable bonds is 5. The molecule has 2 aliphatic heterocycles. The number of likely N-dealkylation sites (tertiary alicyclic amines) is 1. The number of halogens is 1. The first-order valence-corrected chi connectivity index (χ1v) is 13.1. The van der Waals surface area contributed by atoms with Crippen molar-refractivity contribution in [3.05, 3.63) is 52.9 Å². The number of fused-ring (bicyclic) bond motifs is 1. The van der Waals surface area contributed by atoms with Crippen molar-refractivity contribution in [2.45, 2.75) is 49.7 Å². The number of amides is 1. The van der Waals surface area contributed by atoms with Gasteiger partial charge in [0.25, 0.3) is 0 Å². The Bertz CT molecular complexity index is 1300. The summed E-state index contributed by atoms with van der Waals surface area (Å²) in [6, 6.07) is 6.07. The van der Waals surface area contributed by atoms with Gasteiger partial charge in [0, 0.05) is 35.8 Å². The molecule has 36 heavy (non-hydrogen) atoms. The minimum absolute atomic E-state index is 0.00355. The topological polar surface area (TPSA) is 92.5 Å². The Balaban J connectivity index is 1.15. The van der Waals surface area contributed by atoms with Crippen LogP contribution in [-0.4, -0.2) is 68.6 Å². The molecule has 190 valence electrons. The highest BCUT2D eigenvalue weighted by Crippen LogP contribution is 2.48. The zero-order chi connectivity index (χ0) is 25.0. The Labute approximate surface area is 215 Å². The van der Waals surface area contributed by atoms with Crippen LogP contribution in [0.5, 0.6) is 0 Å². The first-order chi connectivity index (χ1) is 17.3. The van der Waals surface area contributed by atoms with E-state index in [0.29, 0.717) is 24.9 Å². The molecule has 3 aromatic rings. The number of hydrogen-bond acceptors (Lipinski definition) is 6. The predicted octanol–water partition coefficient (Wildman–Crippen LogP) is 3.69. The molecule has 0 radical (unpaired) electrons. The molecule has 2 aromatic heterocycles. The molecule has 0 bridgehead atoms. The van der Waals surface area contributed by atoms with Gasteiger partial charge in [-0.1, -0.05) is 11.6 Å². The van der Waals surface area contributed by atoms with Crippen LogP contribution in [0.1, 0.15) is 49.1 Å². The molecule has 0 spiro atoms. The molecule has 6 rings (SSSR count). The largest absolute Gasteiger partial charge is 0.389 e. The molecule has 1 amide bonds. The number of carbonyl (C=O) groups is 1. The van der Waals surface area contributed by atoms with Gasteiger partial charge in [0.2, 0.25) is 5.91 Å². The smallest absolute Gasteiger partial charge is 0.229 e.